The van der Waals surface area contributed by atoms with E-state index in [4.69, 9.17) is 5.11 Å². The van der Waals surface area contributed by atoms with E-state index in [0.717, 1.165) is 5.75 Å². The third-order valence-electron chi connectivity index (χ3n) is 2.43. The lowest BCUT2D eigenvalue weighted by atomic mass is 10.2. The van der Waals surface area contributed by atoms with Crippen molar-refractivity contribution in [1.29, 1.82) is 0 Å². The summed E-state index contributed by atoms with van der Waals surface area (Å²) in [6, 6.07) is 0.512. The predicted octanol–water partition coefficient (Wildman–Crippen LogP) is 0.969. The molecule has 0 aliphatic heterocycles. The van der Waals surface area contributed by atoms with Gasteiger partial charge < -0.3 is 10.0 Å². The van der Waals surface area contributed by atoms with Gasteiger partial charge in [-0.05, 0) is 24.5 Å². The third kappa shape index (κ3) is 3.88. The lowest BCUT2D eigenvalue weighted by Crippen LogP contribution is -2.30. The molecule has 0 bridgehead atoms. The molecule has 1 atom stereocenters. The van der Waals surface area contributed by atoms with Crippen molar-refractivity contribution >= 4 is 17.7 Å². The molecule has 1 amide bonds. The van der Waals surface area contributed by atoms with E-state index in [0.29, 0.717) is 17.7 Å². The molecule has 0 heterocycles. The Bertz CT molecular complexity index is 195. The van der Waals surface area contributed by atoms with Crippen LogP contribution in [0.5, 0.6) is 0 Å². The van der Waals surface area contributed by atoms with Crippen LogP contribution < -0.4 is 0 Å². The molecule has 0 radical (unpaired) electrons. The summed E-state index contributed by atoms with van der Waals surface area (Å²) in [6.45, 7) is 2.20. The van der Waals surface area contributed by atoms with Crippen LogP contribution in [0.15, 0.2) is 0 Å². The van der Waals surface area contributed by atoms with Gasteiger partial charge in [0, 0.05) is 19.7 Å². The number of aliphatic hydroxyl groups excluding tert-OH is 1. The van der Waals surface area contributed by atoms with E-state index in [2.05, 4.69) is 0 Å². The van der Waals surface area contributed by atoms with Crippen LogP contribution in [0.3, 0.4) is 0 Å². The predicted molar refractivity (Wildman–Crippen MR) is 59.4 cm³/mol. The van der Waals surface area contributed by atoms with Gasteiger partial charge in [-0.1, -0.05) is 6.92 Å². The Balaban J connectivity index is 2.08. The van der Waals surface area contributed by atoms with Crippen LogP contribution in [0.4, 0.5) is 0 Å². The fourth-order valence-electron chi connectivity index (χ4n) is 1.17. The first-order valence-electron chi connectivity index (χ1n) is 5.09. The summed E-state index contributed by atoms with van der Waals surface area (Å²) < 4.78 is 0. The zero-order valence-corrected chi connectivity index (χ0v) is 9.72. The lowest BCUT2D eigenvalue weighted by molar-refractivity contribution is -0.127. The minimum absolute atomic E-state index is 0.208. The number of hydrogen-bond donors (Lipinski definition) is 1. The van der Waals surface area contributed by atoms with Crippen molar-refractivity contribution < 1.29 is 9.90 Å². The number of carbonyl (C=O) groups is 1. The average molecular weight is 217 g/mol. The molecule has 1 N–H and O–H groups in total. The highest BCUT2D eigenvalue weighted by molar-refractivity contribution is 7.99. The van der Waals surface area contributed by atoms with Crippen molar-refractivity contribution in [3.05, 3.63) is 0 Å². The maximum absolute atomic E-state index is 11.5. The first-order chi connectivity index (χ1) is 6.65. The minimum atomic E-state index is 0.208. The van der Waals surface area contributed by atoms with E-state index in [9.17, 15) is 4.79 Å². The highest BCUT2D eigenvalue weighted by Gasteiger charge is 2.29. The standard InChI is InChI=1S/C10H19NO2S/c1-8(5-12)6-14-7-10(13)11(2)9-3-4-9/h8-9,12H,3-7H2,1-2H3. The van der Waals surface area contributed by atoms with Crippen LogP contribution in [-0.4, -0.2) is 47.1 Å². The van der Waals surface area contributed by atoms with Crippen LogP contribution in [0.2, 0.25) is 0 Å². The van der Waals surface area contributed by atoms with Gasteiger partial charge in [0.2, 0.25) is 5.91 Å². The topological polar surface area (TPSA) is 40.5 Å². The van der Waals surface area contributed by atoms with E-state index in [1.807, 2.05) is 18.9 Å². The minimum Gasteiger partial charge on any atom is -0.396 e. The highest BCUT2D eigenvalue weighted by Crippen LogP contribution is 2.25. The SMILES string of the molecule is CC(CO)CSCC(=O)N(C)C1CC1. The van der Waals surface area contributed by atoms with Crippen molar-refractivity contribution in [3.8, 4) is 0 Å². The molecule has 1 aliphatic rings. The summed E-state index contributed by atoms with van der Waals surface area (Å²) in [4.78, 5) is 13.4. The zero-order valence-electron chi connectivity index (χ0n) is 8.90. The highest BCUT2D eigenvalue weighted by atomic mass is 32.2. The Morgan fingerprint density at radius 2 is 2.29 bits per heavy atom. The summed E-state index contributed by atoms with van der Waals surface area (Å²) in [6.07, 6.45) is 2.33. The molecule has 4 heteroatoms. The van der Waals surface area contributed by atoms with Crippen LogP contribution >= 0.6 is 11.8 Å². The molecule has 1 rings (SSSR count). The van der Waals surface area contributed by atoms with Gasteiger partial charge in [0.05, 0.1) is 5.75 Å². The Hall–Kier alpha value is -0.220. The van der Waals surface area contributed by atoms with Crippen molar-refractivity contribution in [2.45, 2.75) is 25.8 Å². The summed E-state index contributed by atoms with van der Waals surface area (Å²) in [7, 11) is 1.88. The summed E-state index contributed by atoms with van der Waals surface area (Å²) in [5.41, 5.74) is 0. The average Bonchev–Trinajstić information content (AvgIpc) is 2.99. The first-order valence-corrected chi connectivity index (χ1v) is 6.25. The van der Waals surface area contributed by atoms with Crippen molar-refractivity contribution in [1.82, 2.24) is 4.90 Å². The monoisotopic (exact) mass is 217 g/mol. The van der Waals surface area contributed by atoms with Crippen LogP contribution in [0.25, 0.3) is 0 Å². The van der Waals surface area contributed by atoms with Gasteiger partial charge in [-0.3, -0.25) is 4.79 Å². The maximum Gasteiger partial charge on any atom is 0.232 e. The number of hydrogen-bond acceptors (Lipinski definition) is 3. The molecule has 0 aromatic rings. The van der Waals surface area contributed by atoms with E-state index >= 15 is 0 Å². The number of amides is 1. The Morgan fingerprint density at radius 3 is 2.79 bits per heavy atom. The van der Waals surface area contributed by atoms with E-state index < -0.39 is 0 Å². The quantitative estimate of drug-likeness (QED) is 0.720. The number of nitrogens with zero attached hydrogens (tertiary/aromatic N) is 1. The van der Waals surface area contributed by atoms with E-state index in [1.54, 1.807) is 11.8 Å². The fourth-order valence-corrected chi connectivity index (χ4v) is 2.17. The number of thioether (sulfide) groups is 1. The second kappa shape index (κ2) is 5.61. The van der Waals surface area contributed by atoms with E-state index in [-0.39, 0.29) is 12.5 Å². The van der Waals surface area contributed by atoms with Gasteiger partial charge in [0.25, 0.3) is 0 Å². The number of carbonyl (C=O) groups excluding carboxylic acids is 1. The normalized spacial score (nSPS) is 17.9. The molecule has 1 fully saturated rings. The largest absolute Gasteiger partial charge is 0.396 e. The van der Waals surface area contributed by atoms with Gasteiger partial charge in [-0.15, -0.1) is 0 Å². The van der Waals surface area contributed by atoms with Crippen molar-refractivity contribution in [2.24, 2.45) is 5.92 Å². The molecule has 0 spiro atoms. The Labute approximate surface area is 89.9 Å². The van der Waals surface area contributed by atoms with Crippen LogP contribution in [0.1, 0.15) is 19.8 Å². The summed E-state index contributed by atoms with van der Waals surface area (Å²) >= 11 is 1.62. The second-order valence-corrected chi connectivity index (χ2v) is 5.07. The molecular formula is C10H19NO2S. The molecular weight excluding hydrogens is 198 g/mol. The molecule has 1 unspecified atom stereocenters. The molecule has 82 valence electrons. The summed E-state index contributed by atoms with van der Waals surface area (Å²) in [5.74, 6) is 1.93. The zero-order chi connectivity index (χ0) is 10.6. The second-order valence-electron chi connectivity index (χ2n) is 4.04. The maximum atomic E-state index is 11.5. The molecule has 0 aromatic heterocycles. The summed E-state index contributed by atoms with van der Waals surface area (Å²) in [5, 5.41) is 8.80. The van der Waals surface area contributed by atoms with Gasteiger partial charge >= 0.3 is 0 Å². The van der Waals surface area contributed by atoms with Crippen molar-refractivity contribution in [2.75, 3.05) is 25.2 Å². The third-order valence-corrected chi connectivity index (χ3v) is 3.68. The van der Waals surface area contributed by atoms with Crippen molar-refractivity contribution in [3.63, 3.8) is 0 Å². The van der Waals surface area contributed by atoms with Gasteiger partial charge in [-0.2, -0.15) is 11.8 Å². The Kier molecular flexibility index (Phi) is 4.75. The molecule has 0 aromatic carbocycles. The molecule has 0 saturated heterocycles. The van der Waals surface area contributed by atoms with Gasteiger partial charge in [0.15, 0.2) is 0 Å². The first kappa shape index (κ1) is 11.9. The van der Waals surface area contributed by atoms with Crippen LogP contribution in [-0.2, 0) is 4.79 Å². The van der Waals surface area contributed by atoms with Crippen LogP contribution in [0, 0.1) is 5.92 Å². The molecule has 14 heavy (non-hydrogen) atoms. The van der Waals surface area contributed by atoms with Gasteiger partial charge in [0.1, 0.15) is 0 Å². The van der Waals surface area contributed by atoms with Gasteiger partial charge in [-0.25, -0.2) is 0 Å². The smallest absolute Gasteiger partial charge is 0.232 e. The van der Waals surface area contributed by atoms with E-state index in [1.165, 1.54) is 12.8 Å². The lowest BCUT2D eigenvalue weighted by Gasteiger charge is -2.16. The molecule has 1 saturated carbocycles. The Morgan fingerprint density at radius 1 is 1.64 bits per heavy atom. The molecule has 3 nitrogen and oxygen atoms in total. The fraction of sp³-hybridized carbons (Fsp3) is 0.900. The molecule has 1 aliphatic carbocycles. The number of aliphatic hydroxyl groups is 1. The number of rotatable bonds is 6.